The van der Waals surface area contributed by atoms with Crippen LogP contribution in [-0.2, 0) is 4.79 Å². The Balaban J connectivity index is 1.57. The van der Waals surface area contributed by atoms with Gasteiger partial charge in [0.05, 0.1) is 6.61 Å². The fraction of sp³-hybridized carbons (Fsp3) is 0.211. The molecule has 2 aromatic carbocycles. The number of anilines is 1. The van der Waals surface area contributed by atoms with Crippen LogP contribution in [0.5, 0.6) is 17.2 Å². The highest BCUT2D eigenvalue weighted by atomic mass is 16.7. The molecular formula is C19H19NO4. The SMILES string of the molecule is CCCOc1ccc(C=CC(=O)Nc2ccc3c(c2)OCO3)cc1. The lowest BCUT2D eigenvalue weighted by Gasteiger charge is -2.04. The van der Waals surface area contributed by atoms with Crippen molar-refractivity contribution in [3.63, 3.8) is 0 Å². The first kappa shape index (κ1) is 15.9. The molecule has 0 spiro atoms. The summed E-state index contributed by atoms with van der Waals surface area (Å²) in [6.45, 7) is 2.98. The molecule has 0 saturated carbocycles. The van der Waals surface area contributed by atoms with Crippen molar-refractivity contribution in [2.45, 2.75) is 13.3 Å². The van der Waals surface area contributed by atoms with E-state index in [-0.39, 0.29) is 12.7 Å². The minimum Gasteiger partial charge on any atom is -0.494 e. The number of amides is 1. The molecule has 0 aromatic heterocycles. The Labute approximate surface area is 140 Å². The molecule has 24 heavy (non-hydrogen) atoms. The minimum absolute atomic E-state index is 0.208. The van der Waals surface area contributed by atoms with E-state index < -0.39 is 0 Å². The van der Waals surface area contributed by atoms with Gasteiger partial charge in [-0.05, 0) is 42.3 Å². The Morgan fingerprint density at radius 2 is 1.96 bits per heavy atom. The van der Waals surface area contributed by atoms with E-state index >= 15 is 0 Å². The number of carbonyl (C=O) groups is 1. The van der Waals surface area contributed by atoms with Crippen LogP contribution in [0, 0.1) is 0 Å². The average Bonchev–Trinajstić information content (AvgIpc) is 3.07. The highest BCUT2D eigenvalue weighted by Gasteiger charge is 2.13. The molecule has 0 bridgehead atoms. The fourth-order valence-electron chi connectivity index (χ4n) is 2.23. The molecule has 0 aliphatic carbocycles. The van der Waals surface area contributed by atoms with Crippen LogP contribution in [0.15, 0.2) is 48.5 Å². The van der Waals surface area contributed by atoms with Gasteiger partial charge in [-0.1, -0.05) is 19.1 Å². The minimum atomic E-state index is -0.208. The molecule has 1 aliphatic rings. The quantitative estimate of drug-likeness (QED) is 0.820. The monoisotopic (exact) mass is 325 g/mol. The number of benzene rings is 2. The molecular weight excluding hydrogens is 306 g/mol. The Hall–Kier alpha value is -2.95. The normalized spacial score (nSPS) is 12.4. The van der Waals surface area contributed by atoms with Crippen molar-refractivity contribution in [1.29, 1.82) is 0 Å². The third-order valence-electron chi connectivity index (χ3n) is 3.42. The highest BCUT2D eigenvalue weighted by molar-refractivity contribution is 6.02. The zero-order valence-corrected chi connectivity index (χ0v) is 13.5. The lowest BCUT2D eigenvalue weighted by atomic mass is 10.2. The number of hydrogen-bond acceptors (Lipinski definition) is 4. The van der Waals surface area contributed by atoms with E-state index in [4.69, 9.17) is 14.2 Å². The topological polar surface area (TPSA) is 56.8 Å². The molecule has 0 atom stereocenters. The van der Waals surface area contributed by atoms with Crippen LogP contribution in [0.2, 0.25) is 0 Å². The first-order chi connectivity index (χ1) is 11.7. The Bertz CT molecular complexity index is 738. The number of fused-ring (bicyclic) bond motifs is 1. The first-order valence-corrected chi connectivity index (χ1v) is 7.86. The molecule has 1 aliphatic heterocycles. The summed E-state index contributed by atoms with van der Waals surface area (Å²) in [5, 5.41) is 2.80. The number of hydrogen-bond donors (Lipinski definition) is 1. The Morgan fingerprint density at radius 1 is 1.17 bits per heavy atom. The van der Waals surface area contributed by atoms with E-state index in [1.807, 2.05) is 24.3 Å². The summed E-state index contributed by atoms with van der Waals surface area (Å²) in [5.74, 6) is 1.95. The van der Waals surface area contributed by atoms with Crippen LogP contribution in [0.1, 0.15) is 18.9 Å². The zero-order chi connectivity index (χ0) is 16.8. The number of rotatable bonds is 6. The van der Waals surface area contributed by atoms with Crippen LogP contribution < -0.4 is 19.5 Å². The Kier molecular flexibility index (Phi) is 5.01. The second-order valence-corrected chi connectivity index (χ2v) is 5.31. The molecule has 0 fully saturated rings. The molecule has 5 nitrogen and oxygen atoms in total. The number of nitrogens with one attached hydrogen (secondary N) is 1. The van der Waals surface area contributed by atoms with Gasteiger partial charge in [-0.3, -0.25) is 4.79 Å². The molecule has 1 N–H and O–H groups in total. The van der Waals surface area contributed by atoms with E-state index in [0.717, 1.165) is 17.7 Å². The van der Waals surface area contributed by atoms with Gasteiger partial charge in [0.15, 0.2) is 11.5 Å². The van der Waals surface area contributed by atoms with Crippen LogP contribution in [0.4, 0.5) is 5.69 Å². The second kappa shape index (κ2) is 7.55. The van der Waals surface area contributed by atoms with E-state index in [1.54, 1.807) is 24.3 Å². The maximum absolute atomic E-state index is 12.0. The van der Waals surface area contributed by atoms with Gasteiger partial charge in [0.1, 0.15) is 5.75 Å². The van der Waals surface area contributed by atoms with Crippen molar-refractivity contribution in [3.8, 4) is 17.2 Å². The third kappa shape index (κ3) is 4.07. The van der Waals surface area contributed by atoms with Crippen LogP contribution in [0.25, 0.3) is 6.08 Å². The third-order valence-corrected chi connectivity index (χ3v) is 3.42. The lowest BCUT2D eigenvalue weighted by molar-refractivity contribution is -0.111. The van der Waals surface area contributed by atoms with Crippen molar-refractivity contribution in [1.82, 2.24) is 0 Å². The number of ether oxygens (including phenoxy) is 3. The average molecular weight is 325 g/mol. The standard InChI is InChI=1S/C19H19NO4/c1-2-11-22-16-7-3-14(4-8-16)5-10-19(21)20-15-6-9-17-18(12-15)24-13-23-17/h3-10,12H,2,11,13H2,1H3,(H,20,21). The smallest absolute Gasteiger partial charge is 0.248 e. The summed E-state index contributed by atoms with van der Waals surface area (Å²) in [7, 11) is 0. The van der Waals surface area contributed by atoms with Crippen molar-refractivity contribution in [3.05, 3.63) is 54.1 Å². The summed E-state index contributed by atoms with van der Waals surface area (Å²) in [6.07, 6.45) is 4.22. The van der Waals surface area contributed by atoms with Gasteiger partial charge in [0.2, 0.25) is 12.7 Å². The molecule has 0 radical (unpaired) electrons. The van der Waals surface area contributed by atoms with Gasteiger partial charge < -0.3 is 19.5 Å². The summed E-state index contributed by atoms with van der Waals surface area (Å²) in [5.41, 5.74) is 1.59. The fourth-order valence-corrected chi connectivity index (χ4v) is 2.23. The Morgan fingerprint density at radius 3 is 2.75 bits per heavy atom. The van der Waals surface area contributed by atoms with E-state index in [0.29, 0.717) is 23.8 Å². The maximum atomic E-state index is 12.0. The van der Waals surface area contributed by atoms with Crippen molar-refractivity contribution < 1.29 is 19.0 Å². The summed E-state index contributed by atoms with van der Waals surface area (Å²) >= 11 is 0. The van der Waals surface area contributed by atoms with Gasteiger partial charge in [-0.2, -0.15) is 0 Å². The largest absolute Gasteiger partial charge is 0.494 e. The summed E-state index contributed by atoms with van der Waals surface area (Å²) in [6, 6.07) is 12.9. The van der Waals surface area contributed by atoms with Crippen LogP contribution in [-0.4, -0.2) is 19.3 Å². The van der Waals surface area contributed by atoms with Gasteiger partial charge in [0, 0.05) is 17.8 Å². The molecule has 5 heteroatoms. The van der Waals surface area contributed by atoms with Gasteiger partial charge >= 0.3 is 0 Å². The van der Waals surface area contributed by atoms with E-state index in [1.165, 1.54) is 6.08 Å². The summed E-state index contributed by atoms with van der Waals surface area (Å²) in [4.78, 5) is 12.0. The predicted molar refractivity (Wildman–Crippen MR) is 92.5 cm³/mol. The van der Waals surface area contributed by atoms with E-state index in [9.17, 15) is 4.79 Å². The molecule has 0 saturated heterocycles. The molecule has 2 aromatic rings. The first-order valence-electron chi connectivity index (χ1n) is 7.86. The van der Waals surface area contributed by atoms with Gasteiger partial charge in [0.25, 0.3) is 0 Å². The van der Waals surface area contributed by atoms with Crippen molar-refractivity contribution in [2.24, 2.45) is 0 Å². The van der Waals surface area contributed by atoms with Gasteiger partial charge in [-0.25, -0.2) is 0 Å². The van der Waals surface area contributed by atoms with Crippen molar-refractivity contribution in [2.75, 3.05) is 18.7 Å². The van der Waals surface area contributed by atoms with Crippen molar-refractivity contribution >= 4 is 17.7 Å². The predicted octanol–water partition coefficient (Wildman–Crippen LogP) is 3.86. The molecule has 3 rings (SSSR count). The molecule has 124 valence electrons. The maximum Gasteiger partial charge on any atom is 0.248 e. The second-order valence-electron chi connectivity index (χ2n) is 5.31. The van der Waals surface area contributed by atoms with Gasteiger partial charge in [-0.15, -0.1) is 0 Å². The van der Waals surface area contributed by atoms with E-state index in [2.05, 4.69) is 12.2 Å². The molecule has 1 heterocycles. The number of carbonyl (C=O) groups excluding carboxylic acids is 1. The zero-order valence-electron chi connectivity index (χ0n) is 13.5. The molecule has 0 unspecified atom stereocenters. The molecule has 1 amide bonds. The highest BCUT2D eigenvalue weighted by Crippen LogP contribution is 2.34. The summed E-state index contributed by atoms with van der Waals surface area (Å²) < 4.78 is 16.1. The lowest BCUT2D eigenvalue weighted by Crippen LogP contribution is -2.07. The van der Waals surface area contributed by atoms with Crippen LogP contribution in [0.3, 0.4) is 0 Å². The van der Waals surface area contributed by atoms with Crippen LogP contribution >= 0.6 is 0 Å².